The number of piperidine rings is 1. The van der Waals surface area contributed by atoms with Crippen molar-refractivity contribution in [2.24, 2.45) is 0 Å². The van der Waals surface area contributed by atoms with Crippen molar-refractivity contribution in [3.05, 3.63) is 58.3 Å². The number of urea groups is 1. The van der Waals surface area contributed by atoms with Gasteiger partial charge in [-0.2, -0.15) is 0 Å². The first-order valence-corrected chi connectivity index (χ1v) is 9.23. The van der Waals surface area contributed by atoms with E-state index in [2.05, 4.69) is 31.9 Å². The summed E-state index contributed by atoms with van der Waals surface area (Å²) in [7, 11) is 1.51. The minimum Gasteiger partial charge on any atom is -0.497 e. The molecule has 0 bridgehead atoms. The first-order chi connectivity index (χ1) is 12.6. The van der Waals surface area contributed by atoms with Crippen molar-refractivity contribution in [2.45, 2.75) is 18.4 Å². The molecule has 1 aliphatic heterocycles. The zero-order chi connectivity index (χ0) is 18.5. The fourth-order valence-corrected chi connectivity index (χ4v) is 3.43. The molecule has 1 fully saturated rings. The van der Waals surface area contributed by atoms with Gasteiger partial charge in [0, 0.05) is 34.7 Å². The highest BCUT2D eigenvalue weighted by molar-refractivity contribution is 9.10. The SMILES string of the molecule is COc1ccc(C2CNCC[C@H]2NC(=O)Nc2ccc(Br)cc2)c(F)c1. The average molecular weight is 422 g/mol. The lowest BCUT2D eigenvalue weighted by atomic mass is 9.86. The van der Waals surface area contributed by atoms with Gasteiger partial charge in [0.15, 0.2) is 0 Å². The molecular weight excluding hydrogens is 401 g/mol. The molecule has 1 aliphatic rings. The number of carbonyl (C=O) groups is 1. The van der Waals surface area contributed by atoms with Gasteiger partial charge >= 0.3 is 6.03 Å². The second-order valence-corrected chi connectivity index (χ2v) is 7.11. The normalized spacial score (nSPS) is 19.7. The molecular formula is C19H21BrFN3O2. The lowest BCUT2D eigenvalue weighted by Gasteiger charge is -2.33. The Bertz CT molecular complexity index is 770. The molecule has 0 saturated carbocycles. The van der Waals surface area contributed by atoms with Gasteiger partial charge in [-0.3, -0.25) is 0 Å². The third-order valence-electron chi connectivity index (χ3n) is 4.51. The first kappa shape index (κ1) is 18.7. The molecule has 2 atom stereocenters. The molecule has 0 aromatic heterocycles. The van der Waals surface area contributed by atoms with E-state index in [0.29, 0.717) is 23.5 Å². The van der Waals surface area contributed by atoms with Crippen molar-refractivity contribution < 1.29 is 13.9 Å². The Labute approximate surface area is 160 Å². The van der Waals surface area contributed by atoms with E-state index in [1.54, 1.807) is 12.1 Å². The van der Waals surface area contributed by atoms with Crippen molar-refractivity contribution >= 4 is 27.6 Å². The summed E-state index contributed by atoms with van der Waals surface area (Å²) in [5.74, 6) is 0.0102. The Morgan fingerprint density at radius 2 is 2.04 bits per heavy atom. The molecule has 2 aromatic rings. The summed E-state index contributed by atoms with van der Waals surface area (Å²) in [5.41, 5.74) is 1.28. The maximum atomic E-state index is 14.5. The average Bonchev–Trinajstić information content (AvgIpc) is 2.64. The highest BCUT2D eigenvalue weighted by Gasteiger charge is 2.29. The summed E-state index contributed by atoms with van der Waals surface area (Å²) in [4.78, 5) is 12.4. The van der Waals surface area contributed by atoms with Crippen LogP contribution in [0.3, 0.4) is 0 Å². The fourth-order valence-electron chi connectivity index (χ4n) is 3.16. The molecule has 0 spiro atoms. The van der Waals surface area contributed by atoms with Gasteiger partial charge in [0.05, 0.1) is 7.11 Å². The predicted molar refractivity (Wildman–Crippen MR) is 103 cm³/mol. The van der Waals surface area contributed by atoms with E-state index in [4.69, 9.17) is 4.74 Å². The quantitative estimate of drug-likeness (QED) is 0.701. The van der Waals surface area contributed by atoms with Crippen LogP contribution in [0, 0.1) is 5.82 Å². The molecule has 1 saturated heterocycles. The van der Waals surface area contributed by atoms with E-state index in [-0.39, 0.29) is 23.8 Å². The van der Waals surface area contributed by atoms with Crippen LogP contribution < -0.4 is 20.7 Å². The highest BCUT2D eigenvalue weighted by Crippen LogP contribution is 2.28. The Hall–Kier alpha value is -2.12. The number of carbonyl (C=O) groups excluding carboxylic acids is 1. The summed E-state index contributed by atoms with van der Waals surface area (Å²) < 4.78 is 20.5. The van der Waals surface area contributed by atoms with Crippen LogP contribution in [0.5, 0.6) is 5.75 Å². The van der Waals surface area contributed by atoms with Crippen LogP contribution in [-0.4, -0.2) is 32.3 Å². The molecule has 26 heavy (non-hydrogen) atoms. The van der Waals surface area contributed by atoms with Gasteiger partial charge in [-0.05, 0) is 48.9 Å². The van der Waals surface area contributed by atoms with Gasteiger partial charge in [-0.1, -0.05) is 22.0 Å². The monoisotopic (exact) mass is 421 g/mol. The molecule has 1 heterocycles. The minimum absolute atomic E-state index is 0.148. The highest BCUT2D eigenvalue weighted by atomic mass is 79.9. The van der Waals surface area contributed by atoms with Crippen LogP contribution >= 0.6 is 15.9 Å². The number of anilines is 1. The second-order valence-electron chi connectivity index (χ2n) is 6.20. The Morgan fingerprint density at radius 3 is 2.73 bits per heavy atom. The Kier molecular flexibility index (Phi) is 6.11. The van der Waals surface area contributed by atoms with Crippen molar-refractivity contribution in [2.75, 3.05) is 25.5 Å². The van der Waals surface area contributed by atoms with Crippen molar-refractivity contribution in [3.8, 4) is 5.75 Å². The van der Waals surface area contributed by atoms with Gasteiger partial charge in [0.2, 0.25) is 0 Å². The largest absolute Gasteiger partial charge is 0.497 e. The minimum atomic E-state index is -0.321. The standard InChI is InChI=1S/C19H21BrFN3O2/c1-26-14-6-7-15(17(21)10-14)16-11-22-9-8-18(16)24-19(25)23-13-4-2-12(20)3-5-13/h2-7,10,16,18,22H,8-9,11H2,1H3,(H2,23,24,25)/t16?,18-/m1/s1. The molecule has 0 radical (unpaired) electrons. The molecule has 5 nitrogen and oxygen atoms in total. The summed E-state index contributed by atoms with van der Waals surface area (Å²) in [6.07, 6.45) is 0.726. The number of nitrogens with one attached hydrogen (secondary N) is 3. The first-order valence-electron chi connectivity index (χ1n) is 8.44. The van der Waals surface area contributed by atoms with Gasteiger partial charge in [0.25, 0.3) is 0 Å². The fraction of sp³-hybridized carbons (Fsp3) is 0.316. The summed E-state index contributed by atoms with van der Waals surface area (Å²) in [6, 6.07) is 11.7. The number of amides is 2. The third kappa shape index (κ3) is 4.53. The summed E-state index contributed by atoms with van der Waals surface area (Å²) in [6.45, 7) is 1.38. The van der Waals surface area contributed by atoms with E-state index in [1.807, 2.05) is 24.3 Å². The third-order valence-corrected chi connectivity index (χ3v) is 5.04. The summed E-state index contributed by atoms with van der Waals surface area (Å²) in [5, 5.41) is 9.08. The van der Waals surface area contributed by atoms with Gasteiger partial charge in [0.1, 0.15) is 11.6 Å². The van der Waals surface area contributed by atoms with E-state index in [0.717, 1.165) is 17.4 Å². The van der Waals surface area contributed by atoms with Crippen molar-refractivity contribution in [3.63, 3.8) is 0 Å². The smallest absolute Gasteiger partial charge is 0.319 e. The molecule has 0 aliphatic carbocycles. The number of methoxy groups -OCH3 is 1. The van der Waals surface area contributed by atoms with Gasteiger partial charge < -0.3 is 20.7 Å². The van der Waals surface area contributed by atoms with Gasteiger partial charge in [-0.25, -0.2) is 9.18 Å². The van der Waals surface area contributed by atoms with Crippen LogP contribution in [0.1, 0.15) is 17.9 Å². The van der Waals surface area contributed by atoms with Crippen LogP contribution in [-0.2, 0) is 0 Å². The van der Waals surface area contributed by atoms with Crippen LogP contribution in [0.15, 0.2) is 46.9 Å². The zero-order valence-electron chi connectivity index (χ0n) is 14.4. The van der Waals surface area contributed by atoms with Crippen LogP contribution in [0.2, 0.25) is 0 Å². The maximum Gasteiger partial charge on any atom is 0.319 e. The molecule has 2 amide bonds. The second kappa shape index (κ2) is 8.51. The lowest BCUT2D eigenvalue weighted by molar-refractivity contribution is 0.241. The van der Waals surface area contributed by atoms with Crippen molar-refractivity contribution in [1.29, 1.82) is 0 Å². The number of benzene rings is 2. The van der Waals surface area contributed by atoms with Crippen LogP contribution in [0.25, 0.3) is 0 Å². The Morgan fingerprint density at radius 1 is 1.27 bits per heavy atom. The van der Waals surface area contributed by atoms with E-state index in [1.165, 1.54) is 13.2 Å². The number of hydrogen-bond donors (Lipinski definition) is 3. The molecule has 7 heteroatoms. The Balaban J connectivity index is 1.70. The molecule has 3 N–H and O–H groups in total. The van der Waals surface area contributed by atoms with Crippen molar-refractivity contribution in [1.82, 2.24) is 10.6 Å². The molecule has 138 valence electrons. The zero-order valence-corrected chi connectivity index (χ0v) is 16.0. The number of hydrogen-bond acceptors (Lipinski definition) is 3. The maximum absolute atomic E-state index is 14.5. The molecule has 3 rings (SSSR count). The number of halogens is 2. The lowest BCUT2D eigenvalue weighted by Crippen LogP contribution is -2.49. The van der Waals surface area contributed by atoms with Gasteiger partial charge in [-0.15, -0.1) is 0 Å². The predicted octanol–water partition coefficient (Wildman–Crippen LogP) is 3.86. The van der Waals surface area contributed by atoms with E-state index < -0.39 is 0 Å². The molecule has 1 unspecified atom stereocenters. The van der Waals surface area contributed by atoms with E-state index in [9.17, 15) is 9.18 Å². The molecule has 2 aromatic carbocycles. The number of rotatable bonds is 4. The number of ether oxygens (including phenoxy) is 1. The summed E-state index contributed by atoms with van der Waals surface area (Å²) >= 11 is 3.36. The van der Waals surface area contributed by atoms with E-state index >= 15 is 0 Å². The topological polar surface area (TPSA) is 62.4 Å². The van der Waals surface area contributed by atoms with Crippen LogP contribution in [0.4, 0.5) is 14.9 Å².